The molecule has 0 aliphatic heterocycles. The molecule has 2 aromatic carbocycles. The van der Waals surface area contributed by atoms with Crippen molar-refractivity contribution in [3.63, 3.8) is 0 Å². The third kappa shape index (κ3) is 3.02. The summed E-state index contributed by atoms with van der Waals surface area (Å²) in [6.07, 6.45) is 1.96. The molecule has 0 fully saturated rings. The predicted octanol–water partition coefficient (Wildman–Crippen LogP) is 4.90. The molecule has 0 amide bonds. The number of ketones is 1. The van der Waals surface area contributed by atoms with E-state index in [9.17, 15) is 9.18 Å². The third-order valence-corrected chi connectivity index (χ3v) is 3.36. The van der Waals surface area contributed by atoms with Crippen molar-refractivity contribution >= 4 is 17.4 Å². The molecule has 20 heavy (non-hydrogen) atoms. The summed E-state index contributed by atoms with van der Waals surface area (Å²) in [5.74, 6) is -0.490. The Bertz CT molecular complexity index is 684. The van der Waals surface area contributed by atoms with Crippen LogP contribution in [0.25, 0.3) is 11.6 Å². The SMILES string of the molecule is CC(=O)c1ccc(/C(C)=C/c2ccccc2C)c(F)c1. The lowest BCUT2D eigenvalue weighted by Gasteiger charge is -2.07. The zero-order valence-electron chi connectivity index (χ0n) is 11.9. The maximum atomic E-state index is 14.1. The molecular weight excluding hydrogens is 251 g/mol. The van der Waals surface area contributed by atoms with Crippen molar-refractivity contribution < 1.29 is 9.18 Å². The number of benzene rings is 2. The van der Waals surface area contributed by atoms with E-state index in [2.05, 4.69) is 0 Å². The van der Waals surface area contributed by atoms with Gasteiger partial charge in [-0.2, -0.15) is 0 Å². The Morgan fingerprint density at radius 1 is 1.10 bits per heavy atom. The molecule has 2 rings (SSSR count). The fraction of sp³-hybridized carbons (Fsp3) is 0.167. The molecule has 0 unspecified atom stereocenters. The fourth-order valence-corrected chi connectivity index (χ4v) is 2.11. The lowest BCUT2D eigenvalue weighted by molar-refractivity contribution is 0.101. The van der Waals surface area contributed by atoms with Gasteiger partial charge in [0.15, 0.2) is 5.78 Å². The van der Waals surface area contributed by atoms with Crippen molar-refractivity contribution in [2.75, 3.05) is 0 Å². The molecule has 0 atom stereocenters. The zero-order chi connectivity index (χ0) is 14.7. The van der Waals surface area contributed by atoms with Crippen molar-refractivity contribution in [2.24, 2.45) is 0 Å². The molecule has 0 aliphatic rings. The van der Waals surface area contributed by atoms with Crippen LogP contribution < -0.4 is 0 Å². The third-order valence-electron chi connectivity index (χ3n) is 3.36. The smallest absolute Gasteiger partial charge is 0.159 e. The van der Waals surface area contributed by atoms with Crippen LogP contribution in [0.1, 0.15) is 40.9 Å². The van der Waals surface area contributed by atoms with Crippen LogP contribution in [0.3, 0.4) is 0 Å². The summed E-state index contributed by atoms with van der Waals surface area (Å²) in [7, 11) is 0. The van der Waals surface area contributed by atoms with Gasteiger partial charge in [-0.25, -0.2) is 4.39 Å². The lowest BCUT2D eigenvalue weighted by Crippen LogP contribution is -1.95. The van der Waals surface area contributed by atoms with Gasteiger partial charge in [0, 0.05) is 11.1 Å². The molecule has 0 saturated heterocycles. The van der Waals surface area contributed by atoms with Gasteiger partial charge in [-0.05, 0) is 43.5 Å². The molecule has 2 heteroatoms. The van der Waals surface area contributed by atoms with E-state index in [1.165, 1.54) is 13.0 Å². The van der Waals surface area contributed by atoms with Crippen LogP contribution >= 0.6 is 0 Å². The Morgan fingerprint density at radius 3 is 2.40 bits per heavy atom. The first-order valence-electron chi connectivity index (χ1n) is 6.54. The van der Waals surface area contributed by atoms with Crippen LogP contribution in [0.2, 0.25) is 0 Å². The highest BCUT2D eigenvalue weighted by Crippen LogP contribution is 2.23. The molecule has 102 valence electrons. The second-order valence-corrected chi connectivity index (χ2v) is 4.93. The maximum absolute atomic E-state index is 14.1. The van der Waals surface area contributed by atoms with Gasteiger partial charge in [-0.3, -0.25) is 4.79 Å². The highest BCUT2D eigenvalue weighted by atomic mass is 19.1. The standard InChI is InChI=1S/C18H17FO/c1-12-6-4-5-7-15(12)10-13(2)17-9-8-16(14(3)20)11-18(17)19/h4-11H,1-3H3/b13-10+. The predicted molar refractivity (Wildman–Crippen MR) is 81.1 cm³/mol. The minimum Gasteiger partial charge on any atom is -0.295 e. The first kappa shape index (κ1) is 14.2. The average Bonchev–Trinajstić information content (AvgIpc) is 2.41. The molecule has 0 radical (unpaired) electrons. The second kappa shape index (κ2) is 5.83. The summed E-state index contributed by atoms with van der Waals surface area (Å²) in [6.45, 7) is 5.33. The number of hydrogen-bond donors (Lipinski definition) is 0. The van der Waals surface area contributed by atoms with E-state index in [1.807, 2.05) is 44.2 Å². The Labute approximate surface area is 118 Å². The van der Waals surface area contributed by atoms with Gasteiger partial charge in [-0.15, -0.1) is 0 Å². The van der Waals surface area contributed by atoms with Gasteiger partial charge in [0.05, 0.1) is 0 Å². The summed E-state index contributed by atoms with van der Waals surface area (Å²) in [5, 5.41) is 0. The van der Waals surface area contributed by atoms with Crippen LogP contribution in [0.4, 0.5) is 4.39 Å². The lowest BCUT2D eigenvalue weighted by atomic mass is 9.99. The first-order chi connectivity index (χ1) is 9.49. The topological polar surface area (TPSA) is 17.1 Å². The van der Waals surface area contributed by atoms with E-state index >= 15 is 0 Å². The highest BCUT2D eigenvalue weighted by molar-refractivity contribution is 5.94. The average molecular weight is 268 g/mol. The largest absolute Gasteiger partial charge is 0.295 e. The Morgan fingerprint density at radius 2 is 1.80 bits per heavy atom. The molecule has 0 spiro atoms. The number of carbonyl (C=O) groups is 1. The number of allylic oxidation sites excluding steroid dienone is 1. The monoisotopic (exact) mass is 268 g/mol. The molecule has 0 aromatic heterocycles. The molecular formula is C18H17FO. The Balaban J connectivity index is 2.41. The van der Waals surface area contributed by atoms with Gasteiger partial charge in [0.25, 0.3) is 0 Å². The molecule has 0 bridgehead atoms. The summed E-state index contributed by atoms with van der Waals surface area (Å²) in [4.78, 5) is 11.2. The number of Topliss-reactive ketones (excluding diaryl/α,β-unsaturated/α-hetero) is 1. The summed E-state index contributed by atoms with van der Waals surface area (Å²) in [6, 6.07) is 12.6. The second-order valence-electron chi connectivity index (χ2n) is 4.93. The number of halogens is 1. The summed E-state index contributed by atoms with van der Waals surface area (Å²) in [5.41, 5.74) is 3.98. The molecule has 0 N–H and O–H groups in total. The number of aryl methyl sites for hydroxylation is 1. The normalized spacial score (nSPS) is 11.5. The van der Waals surface area contributed by atoms with Crippen molar-refractivity contribution in [3.05, 3.63) is 70.5 Å². The summed E-state index contributed by atoms with van der Waals surface area (Å²) < 4.78 is 14.1. The molecule has 2 aromatic rings. The van der Waals surface area contributed by atoms with Crippen LogP contribution in [0.15, 0.2) is 42.5 Å². The van der Waals surface area contributed by atoms with Crippen molar-refractivity contribution in [3.8, 4) is 0 Å². The maximum Gasteiger partial charge on any atom is 0.159 e. The Kier molecular flexibility index (Phi) is 4.14. The van der Waals surface area contributed by atoms with Crippen molar-refractivity contribution in [2.45, 2.75) is 20.8 Å². The highest BCUT2D eigenvalue weighted by Gasteiger charge is 2.08. The Hall–Kier alpha value is -2.22. The van der Waals surface area contributed by atoms with E-state index in [0.717, 1.165) is 16.7 Å². The molecule has 0 saturated carbocycles. The quantitative estimate of drug-likeness (QED) is 0.571. The van der Waals surface area contributed by atoms with Gasteiger partial charge in [0.2, 0.25) is 0 Å². The van der Waals surface area contributed by atoms with Crippen LogP contribution in [-0.2, 0) is 0 Å². The van der Waals surface area contributed by atoms with Crippen LogP contribution in [-0.4, -0.2) is 5.78 Å². The fourth-order valence-electron chi connectivity index (χ4n) is 2.11. The zero-order valence-corrected chi connectivity index (χ0v) is 11.9. The molecule has 0 heterocycles. The van der Waals surface area contributed by atoms with Gasteiger partial charge in [-0.1, -0.05) is 42.5 Å². The number of carbonyl (C=O) groups excluding carboxylic acids is 1. The number of hydrogen-bond acceptors (Lipinski definition) is 1. The van der Waals surface area contributed by atoms with Crippen LogP contribution in [0.5, 0.6) is 0 Å². The summed E-state index contributed by atoms with van der Waals surface area (Å²) >= 11 is 0. The van der Waals surface area contributed by atoms with E-state index in [4.69, 9.17) is 0 Å². The van der Waals surface area contributed by atoms with Crippen molar-refractivity contribution in [1.29, 1.82) is 0 Å². The molecule has 0 aliphatic carbocycles. The minimum atomic E-state index is -0.361. The van der Waals surface area contributed by atoms with Crippen LogP contribution in [0, 0.1) is 12.7 Å². The number of rotatable bonds is 3. The van der Waals surface area contributed by atoms with Gasteiger partial charge >= 0.3 is 0 Å². The molecule has 1 nitrogen and oxygen atoms in total. The van der Waals surface area contributed by atoms with E-state index in [0.29, 0.717) is 11.1 Å². The van der Waals surface area contributed by atoms with E-state index in [1.54, 1.807) is 12.1 Å². The first-order valence-corrected chi connectivity index (χ1v) is 6.54. The minimum absolute atomic E-state index is 0.129. The van der Waals surface area contributed by atoms with E-state index < -0.39 is 0 Å². The van der Waals surface area contributed by atoms with Crippen molar-refractivity contribution in [1.82, 2.24) is 0 Å². The van der Waals surface area contributed by atoms with E-state index in [-0.39, 0.29) is 11.6 Å². The van der Waals surface area contributed by atoms with Gasteiger partial charge in [0.1, 0.15) is 5.82 Å². The van der Waals surface area contributed by atoms with Gasteiger partial charge < -0.3 is 0 Å².